The third-order valence-electron chi connectivity index (χ3n) is 8.78. The minimum atomic E-state index is -1.19. The predicted molar refractivity (Wildman–Crippen MR) is 147 cm³/mol. The molecule has 1 fully saturated rings. The third kappa shape index (κ3) is 4.31. The molecule has 1 saturated carbocycles. The van der Waals surface area contributed by atoms with Gasteiger partial charge in [-0.3, -0.25) is 14.4 Å². The topological polar surface area (TPSA) is 75.8 Å². The molecule has 3 aromatic rings. The Morgan fingerprint density at radius 3 is 2.08 bits per heavy atom. The van der Waals surface area contributed by atoms with Gasteiger partial charge in [0.25, 0.3) is 0 Å². The van der Waals surface area contributed by atoms with Crippen LogP contribution in [-0.4, -0.2) is 27.0 Å². The minimum Gasteiger partial charge on any atom is -0.481 e. The molecule has 1 aliphatic rings. The molecule has 37 heavy (non-hydrogen) atoms. The van der Waals surface area contributed by atoms with Gasteiger partial charge in [-0.1, -0.05) is 53.1 Å². The Kier molecular flexibility index (Phi) is 6.48. The van der Waals surface area contributed by atoms with Gasteiger partial charge < -0.3 is 9.51 Å². The quantitative estimate of drug-likeness (QED) is 0.312. The van der Waals surface area contributed by atoms with E-state index in [0.717, 1.165) is 5.56 Å². The average molecular weight is 522 g/mol. The first-order valence-corrected chi connectivity index (χ1v) is 13.1. The number of carbonyl (C=O) groups excluding carboxylic acids is 2. The lowest BCUT2D eigenvalue weighted by Gasteiger charge is -2.20. The van der Waals surface area contributed by atoms with E-state index in [1.807, 2.05) is 18.3 Å². The summed E-state index contributed by atoms with van der Waals surface area (Å²) in [6.07, 6.45) is 1.88. The Bertz CT molecular complexity index is 1410. The van der Waals surface area contributed by atoms with Crippen LogP contribution < -0.4 is 0 Å². The molecule has 0 atom stereocenters. The number of benzene rings is 1. The summed E-state index contributed by atoms with van der Waals surface area (Å²) in [7, 11) is 0. The summed E-state index contributed by atoms with van der Waals surface area (Å²) in [4.78, 5) is 40.6. The Labute approximate surface area is 223 Å². The zero-order chi connectivity index (χ0) is 27.7. The maximum absolute atomic E-state index is 14.3. The fourth-order valence-corrected chi connectivity index (χ4v) is 5.75. The average Bonchev–Trinajstić information content (AvgIpc) is 3.05. The van der Waals surface area contributed by atoms with E-state index < -0.39 is 11.4 Å². The number of fused-ring (bicyclic) bond motifs is 1. The number of rotatable bonds is 8. The second kappa shape index (κ2) is 8.83. The van der Waals surface area contributed by atoms with Gasteiger partial charge in [-0.25, -0.2) is 0 Å². The Morgan fingerprint density at radius 1 is 1.03 bits per heavy atom. The molecule has 2 heterocycles. The van der Waals surface area contributed by atoms with Crippen molar-refractivity contribution >= 4 is 34.7 Å². The number of hydrogen-bond acceptors (Lipinski definition) is 3. The molecule has 6 heteroatoms. The Balaban J connectivity index is 2.07. The first-order valence-electron chi connectivity index (χ1n) is 12.8. The van der Waals surface area contributed by atoms with Crippen LogP contribution in [0.4, 0.5) is 0 Å². The minimum absolute atomic E-state index is 0.0280. The van der Waals surface area contributed by atoms with Gasteiger partial charge >= 0.3 is 5.97 Å². The highest BCUT2D eigenvalue weighted by atomic mass is 35.5. The maximum Gasteiger partial charge on any atom is 0.309 e. The molecule has 0 aliphatic heterocycles. The van der Waals surface area contributed by atoms with Gasteiger partial charge in [0.2, 0.25) is 5.78 Å². The van der Waals surface area contributed by atoms with Crippen molar-refractivity contribution in [1.82, 2.24) is 4.40 Å². The largest absolute Gasteiger partial charge is 0.481 e. The molecule has 0 spiro atoms. The number of halogens is 1. The number of aromatic nitrogens is 1. The van der Waals surface area contributed by atoms with Crippen LogP contribution in [0, 0.1) is 22.2 Å². The van der Waals surface area contributed by atoms with Crippen LogP contribution in [0.5, 0.6) is 0 Å². The third-order valence-corrected chi connectivity index (χ3v) is 9.03. The number of carboxylic acid groups (broad SMARTS) is 1. The number of pyridine rings is 1. The van der Waals surface area contributed by atoms with Gasteiger partial charge in [-0.2, -0.15) is 0 Å². The number of carbonyl (C=O) groups is 3. The van der Waals surface area contributed by atoms with E-state index in [9.17, 15) is 19.5 Å². The van der Waals surface area contributed by atoms with Crippen molar-refractivity contribution in [3.05, 3.63) is 75.6 Å². The van der Waals surface area contributed by atoms with Crippen LogP contribution >= 0.6 is 11.6 Å². The number of carboxylic acids is 1. The highest BCUT2D eigenvalue weighted by molar-refractivity contribution is 6.30. The van der Waals surface area contributed by atoms with Crippen LogP contribution in [0.2, 0.25) is 5.02 Å². The molecule has 0 unspecified atom stereocenters. The first kappa shape index (κ1) is 27.1. The van der Waals surface area contributed by atoms with Gasteiger partial charge in [0, 0.05) is 28.3 Å². The van der Waals surface area contributed by atoms with Gasteiger partial charge in [-0.05, 0) is 84.5 Å². The lowest BCUT2D eigenvalue weighted by atomic mass is 9.82. The van der Waals surface area contributed by atoms with Crippen molar-refractivity contribution in [1.29, 1.82) is 0 Å². The second-order valence-electron chi connectivity index (χ2n) is 12.5. The summed E-state index contributed by atoms with van der Waals surface area (Å²) in [5, 5.41) is 10.5. The monoisotopic (exact) mass is 521 g/mol. The standard InChI is InChI=1S/C31H36ClNO4/c1-17(2)19-13-14-33-22(15-19)23(26(35)27-30(5,6)31(27,7)8)21(16-29(3,4)28(36)37)24(33)25(34)18-9-11-20(32)12-10-18/h9-15,17,27H,16H2,1-8H3,(H,36,37). The van der Waals surface area contributed by atoms with Crippen molar-refractivity contribution < 1.29 is 19.5 Å². The van der Waals surface area contributed by atoms with E-state index in [1.54, 1.807) is 42.5 Å². The SMILES string of the molecule is CC(C)c1ccn2c(C(=O)c3ccc(Cl)cc3)c(CC(C)(C)C(=O)O)c(C(=O)C3C(C)(C)C3(C)C)c2c1. The summed E-state index contributed by atoms with van der Waals surface area (Å²) in [6, 6.07) is 10.6. The summed E-state index contributed by atoms with van der Waals surface area (Å²) >= 11 is 6.07. The molecule has 4 rings (SSSR count). The van der Waals surface area contributed by atoms with Gasteiger partial charge in [0.05, 0.1) is 16.6 Å². The van der Waals surface area contributed by atoms with E-state index in [1.165, 1.54) is 0 Å². The number of aliphatic carboxylic acids is 1. The molecule has 0 saturated heterocycles. The van der Waals surface area contributed by atoms with E-state index in [0.29, 0.717) is 32.9 Å². The predicted octanol–water partition coefficient (Wildman–Crippen LogP) is 7.47. The fourth-order valence-electron chi connectivity index (χ4n) is 5.63. The summed E-state index contributed by atoms with van der Waals surface area (Å²) in [6.45, 7) is 15.8. The number of Topliss-reactive ketones (excluding diaryl/α,β-unsaturated/α-hetero) is 1. The van der Waals surface area contributed by atoms with Crippen LogP contribution in [0.15, 0.2) is 42.6 Å². The van der Waals surface area contributed by atoms with Gasteiger partial charge in [0.15, 0.2) is 5.78 Å². The molecule has 0 bridgehead atoms. The van der Waals surface area contributed by atoms with E-state index in [4.69, 9.17) is 11.6 Å². The Hall–Kier alpha value is -2.92. The van der Waals surface area contributed by atoms with Crippen LogP contribution in [0.3, 0.4) is 0 Å². The maximum atomic E-state index is 14.3. The van der Waals surface area contributed by atoms with Crippen molar-refractivity contribution in [3.8, 4) is 0 Å². The molecule has 1 N–H and O–H groups in total. The summed E-state index contributed by atoms with van der Waals surface area (Å²) < 4.78 is 1.78. The molecular weight excluding hydrogens is 486 g/mol. The lowest BCUT2D eigenvalue weighted by molar-refractivity contribution is -0.146. The molecule has 0 amide bonds. The van der Waals surface area contributed by atoms with Crippen molar-refractivity contribution in [3.63, 3.8) is 0 Å². The zero-order valence-corrected chi connectivity index (χ0v) is 23.7. The van der Waals surface area contributed by atoms with E-state index in [2.05, 4.69) is 41.5 Å². The molecular formula is C31H36ClNO4. The highest BCUT2D eigenvalue weighted by Crippen LogP contribution is 2.69. The molecule has 196 valence electrons. The summed E-state index contributed by atoms with van der Waals surface area (Å²) in [5.41, 5.74) is 1.81. The lowest BCUT2D eigenvalue weighted by Crippen LogP contribution is -2.28. The number of hydrogen-bond donors (Lipinski definition) is 1. The van der Waals surface area contributed by atoms with Crippen LogP contribution in [-0.2, 0) is 11.2 Å². The highest BCUT2D eigenvalue weighted by Gasteiger charge is 2.68. The number of nitrogens with zero attached hydrogens (tertiary/aromatic N) is 1. The van der Waals surface area contributed by atoms with Crippen molar-refractivity contribution in [2.75, 3.05) is 0 Å². The van der Waals surface area contributed by atoms with E-state index in [-0.39, 0.29) is 40.7 Å². The van der Waals surface area contributed by atoms with Crippen LogP contribution in [0.1, 0.15) is 98.8 Å². The van der Waals surface area contributed by atoms with Crippen molar-refractivity contribution in [2.24, 2.45) is 22.2 Å². The van der Waals surface area contributed by atoms with Crippen molar-refractivity contribution in [2.45, 2.75) is 67.7 Å². The molecule has 5 nitrogen and oxygen atoms in total. The molecule has 0 radical (unpaired) electrons. The van der Waals surface area contributed by atoms with E-state index >= 15 is 0 Å². The molecule has 2 aromatic heterocycles. The zero-order valence-electron chi connectivity index (χ0n) is 22.9. The smallest absolute Gasteiger partial charge is 0.309 e. The second-order valence-corrected chi connectivity index (χ2v) is 13.0. The Morgan fingerprint density at radius 2 is 1.59 bits per heavy atom. The molecule has 1 aliphatic carbocycles. The van der Waals surface area contributed by atoms with Gasteiger partial charge in [0.1, 0.15) is 0 Å². The first-order chi connectivity index (χ1) is 17.0. The summed E-state index contributed by atoms with van der Waals surface area (Å²) in [5.74, 6) is -1.31. The molecule has 1 aromatic carbocycles. The number of ketones is 2. The van der Waals surface area contributed by atoms with Crippen LogP contribution in [0.25, 0.3) is 5.52 Å². The fraction of sp³-hybridized carbons (Fsp3) is 0.452. The van der Waals surface area contributed by atoms with Gasteiger partial charge in [-0.15, -0.1) is 0 Å². The normalized spacial score (nSPS) is 16.8.